The van der Waals surface area contributed by atoms with Crippen LogP contribution in [0.2, 0.25) is 0 Å². The number of hydrogen-bond donors (Lipinski definition) is 1. The molecule has 0 radical (unpaired) electrons. The van der Waals surface area contributed by atoms with Crippen molar-refractivity contribution in [2.24, 2.45) is 0 Å². The van der Waals surface area contributed by atoms with Gasteiger partial charge in [-0.2, -0.15) is 0 Å². The lowest BCUT2D eigenvalue weighted by molar-refractivity contribution is -0.0197. The van der Waals surface area contributed by atoms with Gasteiger partial charge < -0.3 is 23.1 Å². The summed E-state index contributed by atoms with van der Waals surface area (Å²) in [5, 5.41) is 9.15. The van der Waals surface area contributed by atoms with Gasteiger partial charge in [0.2, 0.25) is 0 Å². The van der Waals surface area contributed by atoms with Crippen LogP contribution in [-0.4, -0.2) is 53.7 Å². The lowest BCUT2D eigenvalue weighted by Crippen LogP contribution is -2.55. The van der Waals surface area contributed by atoms with E-state index in [4.69, 9.17) is 23.1 Å². The summed E-state index contributed by atoms with van der Waals surface area (Å²) in [6.45, 7) is 3.89. The van der Waals surface area contributed by atoms with Crippen LogP contribution in [0.3, 0.4) is 0 Å². The molecule has 0 aromatic rings. The summed E-state index contributed by atoms with van der Waals surface area (Å²) < 4.78 is 21.5. The van der Waals surface area contributed by atoms with Crippen LogP contribution in [0.1, 0.15) is 20.3 Å². The van der Waals surface area contributed by atoms with Crippen LogP contribution < -0.4 is 0 Å². The van der Waals surface area contributed by atoms with Crippen LogP contribution in [0.4, 0.5) is 0 Å². The third-order valence-electron chi connectivity index (χ3n) is 2.16. The maximum absolute atomic E-state index is 9.15. The van der Waals surface area contributed by atoms with Gasteiger partial charge >= 0.3 is 8.80 Å². The van der Waals surface area contributed by atoms with Crippen molar-refractivity contribution in [2.45, 2.75) is 32.1 Å². The Labute approximate surface area is 92.7 Å². The van der Waals surface area contributed by atoms with E-state index < -0.39 is 14.9 Å². The van der Waals surface area contributed by atoms with E-state index in [0.29, 0.717) is 6.42 Å². The zero-order valence-electron chi connectivity index (χ0n) is 10.1. The van der Waals surface area contributed by atoms with Gasteiger partial charge in [-0.15, -0.1) is 0 Å². The summed E-state index contributed by atoms with van der Waals surface area (Å²) in [7, 11) is 1.90. The monoisotopic (exact) mass is 238 g/mol. The second-order valence-electron chi connectivity index (χ2n) is 3.30. The van der Waals surface area contributed by atoms with Gasteiger partial charge in [-0.25, -0.2) is 0 Å². The second-order valence-corrected chi connectivity index (χ2v) is 6.37. The van der Waals surface area contributed by atoms with E-state index in [0.717, 1.165) is 0 Å². The van der Waals surface area contributed by atoms with Gasteiger partial charge in [-0.1, -0.05) is 6.92 Å². The van der Waals surface area contributed by atoms with Gasteiger partial charge in [0.05, 0.1) is 12.7 Å². The van der Waals surface area contributed by atoms with Crippen molar-refractivity contribution >= 4 is 8.80 Å². The fourth-order valence-corrected chi connectivity index (χ4v) is 3.46. The minimum Gasteiger partial charge on any atom is -0.391 e. The van der Waals surface area contributed by atoms with Crippen molar-refractivity contribution in [1.29, 1.82) is 0 Å². The smallest absolute Gasteiger partial charge is 0.391 e. The maximum Gasteiger partial charge on any atom is 0.530 e. The molecule has 0 bridgehead atoms. The Balaban J connectivity index is 4.44. The molecule has 1 N–H and O–H groups in total. The van der Waals surface area contributed by atoms with E-state index in [1.165, 1.54) is 0 Å². The van der Waals surface area contributed by atoms with Crippen LogP contribution in [0.15, 0.2) is 0 Å². The molecule has 0 amide bonds. The molecule has 5 nitrogen and oxygen atoms in total. The highest BCUT2D eigenvalue weighted by atomic mass is 28.4. The molecule has 0 spiro atoms. The Morgan fingerprint density at radius 3 is 1.87 bits per heavy atom. The zero-order chi connectivity index (χ0) is 11.9. The molecule has 6 heteroatoms. The highest BCUT2D eigenvalue weighted by molar-refractivity contribution is 6.62. The first-order valence-corrected chi connectivity index (χ1v) is 6.81. The van der Waals surface area contributed by atoms with Gasteiger partial charge in [0.25, 0.3) is 0 Å². The fourth-order valence-electron chi connectivity index (χ4n) is 1.37. The van der Waals surface area contributed by atoms with Gasteiger partial charge in [-0.05, 0) is 13.3 Å². The van der Waals surface area contributed by atoms with Crippen LogP contribution >= 0.6 is 0 Å². The van der Waals surface area contributed by atoms with Gasteiger partial charge in [0, 0.05) is 21.3 Å². The molecule has 15 heavy (non-hydrogen) atoms. The highest BCUT2D eigenvalue weighted by Gasteiger charge is 2.47. The fraction of sp³-hybridized carbons (Fsp3) is 1.00. The topological polar surface area (TPSA) is 57.2 Å². The van der Waals surface area contributed by atoms with E-state index in [2.05, 4.69) is 0 Å². The summed E-state index contributed by atoms with van der Waals surface area (Å²) in [6, 6.07) is 0. The summed E-state index contributed by atoms with van der Waals surface area (Å²) in [4.78, 5) is 0. The first kappa shape index (κ1) is 15.0. The Hall–Kier alpha value is 0.0169. The molecule has 0 rings (SSSR count). The first-order valence-electron chi connectivity index (χ1n) is 5.01. The van der Waals surface area contributed by atoms with Crippen LogP contribution in [0.5, 0.6) is 0 Å². The molecule has 92 valence electrons. The standard InChI is InChI=1S/C9H22O5Si/c1-6-9(14-7-8(2)10)15(11-3,12-4)13-5/h8-10H,6-7H2,1-5H3. The lowest BCUT2D eigenvalue weighted by atomic mass is 10.4. The Morgan fingerprint density at radius 1 is 1.13 bits per heavy atom. The molecule has 0 heterocycles. The average Bonchev–Trinajstić information content (AvgIpc) is 2.24. The minimum atomic E-state index is -2.75. The molecule has 0 aliphatic rings. The van der Waals surface area contributed by atoms with Gasteiger partial charge in [-0.3, -0.25) is 0 Å². The number of aliphatic hydroxyl groups excluding tert-OH is 1. The van der Waals surface area contributed by atoms with Gasteiger partial charge in [0.1, 0.15) is 5.73 Å². The van der Waals surface area contributed by atoms with Crippen LogP contribution in [-0.2, 0) is 18.0 Å². The Bertz CT molecular complexity index is 152. The van der Waals surface area contributed by atoms with Crippen molar-refractivity contribution < 1.29 is 23.1 Å². The Kier molecular flexibility index (Phi) is 7.32. The normalized spacial score (nSPS) is 16.4. The average molecular weight is 238 g/mol. The molecule has 2 atom stereocenters. The van der Waals surface area contributed by atoms with E-state index in [1.54, 1.807) is 28.3 Å². The number of rotatable bonds is 8. The van der Waals surface area contributed by atoms with E-state index in [9.17, 15) is 0 Å². The molecule has 0 aliphatic heterocycles. The number of ether oxygens (including phenoxy) is 1. The maximum atomic E-state index is 9.15. The SMILES string of the molecule is CCC(OCC(C)O)[Si](OC)(OC)OC. The number of hydrogen-bond acceptors (Lipinski definition) is 5. The Morgan fingerprint density at radius 2 is 1.60 bits per heavy atom. The molecular weight excluding hydrogens is 216 g/mol. The third kappa shape index (κ3) is 4.18. The molecule has 0 aliphatic carbocycles. The van der Waals surface area contributed by atoms with Crippen molar-refractivity contribution in [3.63, 3.8) is 0 Å². The molecule has 0 saturated carbocycles. The quantitative estimate of drug-likeness (QED) is 0.627. The highest BCUT2D eigenvalue weighted by Crippen LogP contribution is 2.18. The molecule has 2 unspecified atom stereocenters. The summed E-state index contributed by atoms with van der Waals surface area (Å²) >= 11 is 0. The van der Waals surface area contributed by atoms with E-state index >= 15 is 0 Å². The predicted molar refractivity (Wildman–Crippen MR) is 58.5 cm³/mol. The summed E-state index contributed by atoms with van der Waals surface area (Å²) in [6.07, 6.45) is 0.213. The minimum absolute atomic E-state index is 0.243. The number of aliphatic hydroxyl groups is 1. The predicted octanol–water partition coefficient (Wildman–Crippen LogP) is 0.580. The summed E-state index contributed by atoms with van der Waals surface area (Å²) in [5.74, 6) is 0. The van der Waals surface area contributed by atoms with Crippen molar-refractivity contribution in [3.8, 4) is 0 Å². The van der Waals surface area contributed by atoms with E-state index in [1.807, 2.05) is 6.92 Å². The van der Waals surface area contributed by atoms with Gasteiger partial charge in [0.15, 0.2) is 0 Å². The summed E-state index contributed by atoms with van der Waals surface area (Å²) in [5.41, 5.74) is -0.243. The largest absolute Gasteiger partial charge is 0.530 e. The second kappa shape index (κ2) is 7.32. The van der Waals surface area contributed by atoms with Crippen molar-refractivity contribution in [1.82, 2.24) is 0 Å². The molecule has 0 aromatic heterocycles. The molecular formula is C9H22O5Si. The van der Waals surface area contributed by atoms with Crippen LogP contribution in [0.25, 0.3) is 0 Å². The molecule has 0 aromatic carbocycles. The zero-order valence-corrected chi connectivity index (χ0v) is 11.1. The first-order chi connectivity index (χ1) is 7.06. The van der Waals surface area contributed by atoms with Crippen molar-refractivity contribution in [3.05, 3.63) is 0 Å². The lowest BCUT2D eigenvalue weighted by Gasteiger charge is -2.31. The molecule has 0 fully saturated rings. The third-order valence-corrected chi connectivity index (χ3v) is 5.23. The van der Waals surface area contributed by atoms with Crippen LogP contribution in [0, 0.1) is 0 Å². The van der Waals surface area contributed by atoms with Crippen molar-refractivity contribution in [2.75, 3.05) is 27.9 Å². The van der Waals surface area contributed by atoms with E-state index in [-0.39, 0.29) is 12.3 Å². The molecule has 0 saturated heterocycles.